The van der Waals surface area contributed by atoms with Crippen LogP contribution in [0.15, 0.2) is 36.8 Å². The molecule has 0 radical (unpaired) electrons. The Hall–Kier alpha value is -2.14. The summed E-state index contributed by atoms with van der Waals surface area (Å²) in [5, 5.41) is 6.39. The molecule has 5 heteroatoms. The number of imidazole rings is 1. The summed E-state index contributed by atoms with van der Waals surface area (Å²) in [5.74, 6) is 0.702. The van der Waals surface area contributed by atoms with Crippen molar-refractivity contribution in [1.82, 2.24) is 20.6 Å². The summed E-state index contributed by atoms with van der Waals surface area (Å²) in [6.45, 7) is 2.86. The van der Waals surface area contributed by atoms with E-state index in [0.29, 0.717) is 6.54 Å². The van der Waals surface area contributed by atoms with Gasteiger partial charge in [0.25, 0.3) is 5.91 Å². The Bertz CT molecular complexity index is 600. The van der Waals surface area contributed by atoms with Gasteiger partial charge in [-0.1, -0.05) is 12.1 Å². The number of carbonyl (C=O) groups is 1. The minimum atomic E-state index is -0.0181. The Morgan fingerprint density at radius 1 is 1.30 bits per heavy atom. The van der Waals surface area contributed by atoms with E-state index in [9.17, 15) is 4.79 Å². The molecule has 0 bridgehead atoms. The average molecular weight is 312 g/mol. The predicted molar refractivity (Wildman–Crippen MR) is 90.4 cm³/mol. The molecule has 23 heavy (non-hydrogen) atoms. The van der Waals surface area contributed by atoms with Crippen LogP contribution in [-0.4, -0.2) is 35.5 Å². The maximum Gasteiger partial charge on any atom is 0.251 e. The lowest BCUT2D eigenvalue weighted by atomic mass is 9.92. The van der Waals surface area contributed by atoms with Gasteiger partial charge in [-0.2, -0.15) is 0 Å². The van der Waals surface area contributed by atoms with Crippen LogP contribution in [0.5, 0.6) is 0 Å². The first-order valence-corrected chi connectivity index (χ1v) is 8.36. The molecule has 5 nitrogen and oxygen atoms in total. The summed E-state index contributed by atoms with van der Waals surface area (Å²) in [6, 6.07) is 8.02. The summed E-state index contributed by atoms with van der Waals surface area (Å²) in [5.41, 5.74) is 3.06. The molecule has 0 aliphatic carbocycles. The zero-order valence-corrected chi connectivity index (χ0v) is 13.3. The number of H-pyrrole nitrogens is 1. The van der Waals surface area contributed by atoms with E-state index in [1.807, 2.05) is 12.1 Å². The highest BCUT2D eigenvalue weighted by atomic mass is 16.1. The second-order valence-electron chi connectivity index (χ2n) is 6.20. The molecular formula is C18H24N4O. The average Bonchev–Trinajstić information content (AvgIpc) is 3.10. The predicted octanol–water partition coefficient (Wildman–Crippen LogP) is 1.92. The van der Waals surface area contributed by atoms with E-state index < -0.39 is 0 Å². The van der Waals surface area contributed by atoms with Gasteiger partial charge in [-0.3, -0.25) is 4.79 Å². The highest BCUT2D eigenvalue weighted by Crippen LogP contribution is 2.16. The Balaban J connectivity index is 1.46. The first kappa shape index (κ1) is 15.7. The van der Waals surface area contributed by atoms with Crippen LogP contribution in [0.25, 0.3) is 0 Å². The number of hydrogen-bond donors (Lipinski definition) is 3. The molecule has 1 saturated heterocycles. The van der Waals surface area contributed by atoms with Crippen molar-refractivity contribution in [2.24, 2.45) is 5.92 Å². The number of rotatable bonds is 6. The molecule has 1 aromatic carbocycles. The lowest BCUT2D eigenvalue weighted by Gasteiger charge is -2.22. The van der Waals surface area contributed by atoms with Crippen LogP contribution in [0.2, 0.25) is 0 Å². The van der Waals surface area contributed by atoms with Gasteiger partial charge in [0.2, 0.25) is 0 Å². The van der Waals surface area contributed by atoms with Crippen molar-refractivity contribution in [2.75, 3.05) is 19.6 Å². The number of piperidine rings is 1. The zero-order chi connectivity index (χ0) is 15.9. The number of aromatic nitrogens is 2. The van der Waals surface area contributed by atoms with Gasteiger partial charge < -0.3 is 15.6 Å². The number of hydrogen-bond acceptors (Lipinski definition) is 3. The summed E-state index contributed by atoms with van der Waals surface area (Å²) in [7, 11) is 0. The number of amides is 1. The molecule has 1 aliphatic rings. The Morgan fingerprint density at radius 2 is 2.17 bits per heavy atom. The highest BCUT2D eigenvalue weighted by molar-refractivity contribution is 5.94. The Labute approximate surface area is 136 Å². The van der Waals surface area contributed by atoms with E-state index in [1.165, 1.54) is 18.4 Å². The smallest absolute Gasteiger partial charge is 0.251 e. The van der Waals surface area contributed by atoms with Crippen molar-refractivity contribution in [3.8, 4) is 0 Å². The fourth-order valence-corrected chi connectivity index (χ4v) is 3.06. The molecule has 1 aromatic heterocycles. The molecule has 1 aliphatic heterocycles. The third kappa shape index (κ3) is 4.66. The van der Waals surface area contributed by atoms with Gasteiger partial charge in [0.1, 0.15) is 0 Å². The van der Waals surface area contributed by atoms with E-state index in [-0.39, 0.29) is 5.91 Å². The van der Waals surface area contributed by atoms with Gasteiger partial charge in [0.15, 0.2) is 0 Å². The van der Waals surface area contributed by atoms with Crippen LogP contribution >= 0.6 is 0 Å². The molecule has 0 saturated carbocycles. The van der Waals surface area contributed by atoms with E-state index in [1.54, 1.807) is 12.5 Å². The SMILES string of the molecule is O=C(NCCc1cnc[nH]1)c1ccc(C[C@H]2CCCNC2)cc1. The van der Waals surface area contributed by atoms with Crippen LogP contribution in [0, 0.1) is 5.92 Å². The summed E-state index contributed by atoms with van der Waals surface area (Å²) in [4.78, 5) is 19.1. The van der Waals surface area contributed by atoms with Crippen LogP contribution in [0.1, 0.15) is 34.5 Å². The standard InChI is InChI=1S/C18H24N4O/c23-18(21-9-7-17-12-20-13-22-17)16-5-3-14(4-6-16)10-15-2-1-8-19-11-15/h3-6,12-13,15,19H,1-2,7-11H2,(H,20,22)(H,21,23)/t15-/m1/s1. The largest absolute Gasteiger partial charge is 0.352 e. The van der Waals surface area contributed by atoms with Crippen molar-refractivity contribution >= 4 is 5.91 Å². The summed E-state index contributed by atoms with van der Waals surface area (Å²) >= 11 is 0. The van der Waals surface area contributed by atoms with Gasteiger partial charge in [-0.15, -0.1) is 0 Å². The third-order valence-electron chi connectivity index (χ3n) is 4.37. The number of nitrogens with one attached hydrogen (secondary N) is 3. The van der Waals surface area contributed by atoms with E-state index >= 15 is 0 Å². The van der Waals surface area contributed by atoms with Crippen molar-refractivity contribution < 1.29 is 4.79 Å². The van der Waals surface area contributed by atoms with Crippen molar-refractivity contribution in [2.45, 2.75) is 25.7 Å². The van der Waals surface area contributed by atoms with E-state index in [0.717, 1.165) is 43.1 Å². The third-order valence-corrected chi connectivity index (χ3v) is 4.37. The first-order chi connectivity index (χ1) is 11.3. The quantitative estimate of drug-likeness (QED) is 0.763. The fourth-order valence-electron chi connectivity index (χ4n) is 3.06. The minimum absolute atomic E-state index is 0.0181. The van der Waals surface area contributed by atoms with Crippen LogP contribution in [-0.2, 0) is 12.8 Å². The minimum Gasteiger partial charge on any atom is -0.352 e. The molecule has 2 aromatic rings. The lowest BCUT2D eigenvalue weighted by Crippen LogP contribution is -2.30. The number of aromatic amines is 1. The maximum atomic E-state index is 12.1. The lowest BCUT2D eigenvalue weighted by molar-refractivity contribution is 0.0954. The Kier molecular flexibility index (Phi) is 5.42. The molecule has 3 rings (SSSR count). The monoisotopic (exact) mass is 312 g/mol. The van der Waals surface area contributed by atoms with Gasteiger partial charge in [-0.05, 0) is 56.0 Å². The molecular weight excluding hydrogens is 288 g/mol. The Morgan fingerprint density at radius 3 is 2.87 bits per heavy atom. The topological polar surface area (TPSA) is 69.8 Å². The highest BCUT2D eigenvalue weighted by Gasteiger charge is 2.13. The maximum absolute atomic E-state index is 12.1. The number of benzene rings is 1. The summed E-state index contributed by atoms with van der Waals surface area (Å²) < 4.78 is 0. The molecule has 2 heterocycles. The molecule has 1 amide bonds. The van der Waals surface area contributed by atoms with E-state index in [2.05, 4.69) is 32.7 Å². The first-order valence-electron chi connectivity index (χ1n) is 8.36. The molecule has 0 unspecified atom stereocenters. The molecule has 1 fully saturated rings. The van der Waals surface area contributed by atoms with Crippen LogP contribution < -0.4 is 10.6 Å². The van der Waals surface area contributed by atoms with Crippen LogP contribution in [0.3, 0.4) is 0 Å². The molecule has 3 N–H and O–H groups in total. The second-order valence-corrected chi connectivity index (χ2v) is 6.20. The molecule has 122 valence electrons. The normalized spacial score (nSPS) is 17.8. The van der Waals surface area contributed by atoms with Crippen molar-refractivity contribution in [3.05, 3.63) is 53.6 Å². The van der Waals surface area contributed by atoms with Gasteiger partial charge in [-0.25, -0.2) is 4.98 Å². The van der Waals surface area contributed by atoms with Crippen LogP contribution in [0.4, 0.5) is 0 Å². The fraction of sp³-hybridized carbons (Fsp3) is 0.444. The van der Waals surface area contributed by atoms with Crippen molar-refractivity contribution in [3.63, 3.8) is 0 Å². The van der Waals surface area contributed by atoms with Gasteiger partial charge in [0, 0.05) is 30.4 Å². The van der Waals surface area contributed by atoms with E-state index in [4.69, 9.17) is 0 Å². The number of nitrogens with zero attached hydrogens (tertiary/aromatic N) is 1. The van der Waals surface area contributed by atoms with Gasteiger partial charge >= 0.3 is 0 Å². The number of carbonyl (C=O) groups excluding carboxylic acids is 1. The van der Waals surface area contributed by atoms with Gasteiger partial charge in [0.05, 0.1) is 6.33 Å². The zero-order valence-electron chi connectivity index (χ0n) is 13.3. The van der Waals surface area contributed by atoms with Crippen molar-refractivity contribution in [1.29, 1.82) is 0 Å². The molecule has 1 atom stereocenters. The summed E-state index contributed by atoms with van der Waals surface area (Å²) in [6.07, 6.45) is 7.84. The second kappa shape index (κ2) is 7.92. The molecule has 0 spiro atoms.